The van der Waals surface area contributed by atoms with Gasteiger partial charge in [-0.25, -0.2) is 4.98 Å². The second-order valence-corrected chi connectivity index (χ2v) is 9.58. The molecule has 0 saturated carbocycles. The molecule has 3 aromatic rings. The van der Waals surface area contributed by atoms with E-state index in [0.717, 1.165) is 42.9 Å². The van der Waals surface area contributed by atoms with Gasteiger partial charge in [0.1, 0.15) is 11.5 Å². The zero-order chi connectivity index (χ0) is 24.3. The Labute approximate surface area is 195 Å². The number of halogens is 3. The van der Waals surface area contributed by atoms with Crippen LogP contribution in [0.25, 0.3) is 11.5 Å². The molecule has 1 fully saturated rings. The van der Waals surface area contributed by atoms with Crippen molar-refractivity contribution in [1.82, 2.24) is 4.98 Å². The van der Waals surface area contributed by atoms with Gasteiger partial charge in [-0.3, -0.25) is 4.72 Å². The number of sulfonamides is 1. The third kappa shape index (κ3) is 5.30. The summed E-state index contributed by atoms with van der Waals surface area (Å²) in [6.07, 6.45) is 2.79. The number of alkyl halides is 3. The SMILES string of the molecule is Cc1oc(-c2ccccc2N2CCCC2)nc1CCOc1ccc(NS(=O)(=O)C(F)(F)F)cc1. The minimum Gasteiger partial charge on any atom is -0.493 e. The first kappa shape index (κ1) is 23.9. The molecular formula is C23H24F3N3O4S. The molecule has 1 aliphatic heterocycles. The molecule has 7 nitrogen and oxygen atoms in total. The summed E-state index contributed by atoms with van der Waals surface area (Å²) in [5.41, 5.74) is -2.80. The number of anilines is 2. The van der Waals surface area contributed by atoms with Crippen LogP contribution in [0.1, 0.15) is 24.3 Å². The van der Waals surface area contributed by atoms with Crippen molar-refractivity contribution in [3.8, 4) is 17.2 Å². The summed E-state index contributed by atoms with van der Waals surface area (Å²) in [6.45, 7) is 4.11. The van der Waals surface area contributed by atoms with Crippen molar-refractivity contribution in [2.24, 2.45) is 0 Å². The number of rotatable bonds is 8. The van der Waals surface area contributed by atoms with E-state index in [4.69, 9.17) is 9.15 Å². The van der Waals surface area contributed by atoms with Crippen molar-refractivity contribution >= 4 is 21.4 Å². The highest BCUT2D eigenvalue weighted by Gasteiger charge is 2.46. The van der Waals surface area contributed by atoms with Gasteiger partial charge in [-0.05, 0) is 56.2 Å². The van der Waals surface area contributed by atoms with Crippen molar-refractivity contribution < 1.29 is 30.7 Å². The third-order valence-electron chi connectivity index (χ3n) is 5.49. The number of aryl methyl sites for hydroxylation is 1. The van der Waals surface area contributed by atoms with Crippen LogP contribution in [0.15, 0.2) is 52.9 Å². The van der Waals surface area contributed by atoms with Gasteiger partial charge in [0.05, 0.1) is 17.9 Å². The van der Waals surface area contributed by atoms with Crippen molar-refractivity contribution in [1.29, 1.82) is 0 Å². The first-order chi connectivity index (χ1) is 16.1. The molecule has 0 amide bonds. The summed E-state index contributed by atoms with van der Waals surface area (Å²) in [6, 6.07) is 13.2. The number of nitrogens with one attached hydrogen (secondary N) is 1. The van der Waals surface area contributed by atoms with E-state index >= 15 is 0 Å². The van der Waals surface area contributed by atoms with Gasteiger partial charge in [0.25, 0.3) is 0 Å². The van der Waals surface area contributed by atoms with E-state index in [-0.39, 0.29) is 12.3 Å². The second-order valence-electron chi connectivity index (χ2n) is 7.91. The highest BCUT2D eigenvalue weighted by Crippen LogP contribution is 2.33. The predicted molar refractivity (Wildman–Crippen MR) is 122 cm³/mol. The molecule has 4 rings (SSSR count). The lowest BCUT2D eigenvalue weighted by molar-refractivity contribution is -0.0429. The Morgan fingerprint density at radius 1 is 1.09 bits per heavy atom. The minimum atomic E-state index is -5.46. The maximum absolute atomic E-state index is 12.5. The van der Waals surface area contributed by atoms with Crippen LogP contribution in [0.4, 0.5) is 24.5 Å². The fraction of sp³-hybridized carbons (Fsp3) is 0.348. The Kier molecular flexibility index (Phi) is 6.74. The third-order valence-corrected chi connectivity index (χ3v) is 6.61. The molecule has 182 valence electrons. The van der Waals surface area contributed by atoms with E-state index in [1.54, 1.807) is 0 Å². The van der Waals surface area contributed by atoms with Gasteiger partial charge in [0, 0.05) is 30.9 Å². The molecule has 0 unspecified atom stereocenters. The van der Waals surface area contributed by atoms with E-state index < -0.39 is 15.5 Å². The topological polar surface area (TPSA) is 84.7 Å². The van der Waals surface area contributed by atoms with E-state index in [1.165, 1.54) is 29.0 Å². The standard InChI is InChI=1S/C23H24F3N3O4S/c1-16-20(27-22(33-16)19-6-2-3-7-21(19)29-13-4-5-14-29)12-15-32-18-10-8-17(9-11-18)28-34(30,31)23(24,25)26/h2-3,6-11,28H,4-5,12-15H2,1H3. The number of ether oxygens (including phenoxy) is 1. The van der Waals surface area contributed by atoms with Crippen LogP contribution in [0.2, 0.25) is 0 Å². The smallest absolute Gasteiger partial charge is 0.493 e. The Morgan fingerprint density at radius 2 is 1.76 bits per heavy atom. The molecule has 11 heteroatoms. The molecule has 2 heterocycles. The van der Waals surface area contributed by atoms with E-state index in [9.17, 15) is 21.6 Å². The van der Waals surface area contributed by atoms with Crippen LogP contribution < -0.4 is 14.4 Å². The normalized spacial score (nSPS) is 14.4. The first-order valence-corrected chi connectivity index (χ1v) is 12.2. The van der Waals surface area contributed by atoms with Crippen molar-refractivity contribution in [3.05, 3.63) is 60.0 Å². The highest BCUT2D eigenvalue weighted by molar-refractivity contribution is 7.93. The average molecular weight is 496 g/mol. The minimum absolute atomic E-state index is 0.210. The molecule has 34 heavy (non-hydrogen) atoms. The van der Waals surface area contributed by atoms with Crippen molar-refractivity contribution in [2.45, 2.75) is 31.7 Å². The zero-order valence-corrected chi connectivity index (χ0v) is 19.2. The second kappa shape index (κ2) is 9.57. The summed E-state index contributed by atoms with van der Waals surface area (Å²) in [5.74, 6) is 1.62. The Balaban J connectivity index is 1.38. The maximum atomic E-state index is 12.5. The first-order valence-electron chi connectivity index (χ1n) is 10.8. The average Bonchev–Trinajstić information content (AvgIpc) is 3.44. The summed E-state index contributed by atoms with van der Waals surface area (Å²) in [7, 11) is -5.46. The van der Waals surface area contributed by atoms with E-state index in [0.29, 0.717) is 23.8 Å². The Morgan fingerprint density at radius 3 is 2.44 bits per heavy atom. The molecule has 1 aliphatic rings. The quantitative estimate of drug-likeness (QED) is 0.466. The van der Waals surface area contributed by atoms with E-state index in [1.807, 2.05) is 25.1 Å². The van der Waals surface area contributed by atoms with Gasteiger partial charge in [-0.1, -0.05) is 12.1 Å². The highest BCUT2D eigenvalue weighted by atomic mass is 32.2. The Bertz CT molecular complexity index is 1240. The molecule has 1 N–H and O–H groups in total. The molecule has 0 bridgehead atoms. The summed E-state index contributed by atoms with van der Waals surface area (Å²) < 4.78 is 72.9. The number of hydrogen-bond donors (Lipinski definition) is 1. The largest absolute Gasteiger partial charge is 0.516 e. The summed E-state index contributed by atoms with van der Waals surface area (Å²) in [4.78, 5) is 6.99. The fourth-order valence-electron chi connectivity index (χ4n) is 3.76. The van der Waals surface area contributed by atoms with Gasteiger partial charge < -0.3 is 14.1 Å². The number of para-hydroxylation sites is 1. The summed E-state index contributed by atoms with van der Waals surface area (Å²) >= 11 is 0. The number of hydrogen-bond acceptors (Lipinski definition) is 6. The van der Waals surface area contributed by atoms with Crippen LogP contribution in [0.5, 0.6) is 5.75 Å². The fourth-order valence-corrected chi connectivity index (χ4v) is 4.32. The van der Waals surface area contributed by atoms with Crippen LogP contribution in [0, 0.1) is 6.92 Å². The van der Waals surface area contributed by atoms with Gasteiger partial charge in [-0.15, -0.1) is 0 Å². The number of aromatic nitrogens is 1. The molecule has 2 aromatic carbocycles. The van der Waals surface area contributed by atoms with Crippen molar-refractivity contribution in [2.75, 3.05) is 29.3 Å². The molecule has 0 aliphatic carbocycles. The van der Waals surface area contributed by atoms with Crippen LogP contribution in [-0.4, -0.2) is 38.6 Å². The predicted octanol–water partition coefficient (Wildman–Crippen LogP) is 5.13. The summed E-state index contributed by atoms with van der Waals surface area (Å²) in [5, 5.41) is 0. The van der Waals surface area contributed by atoms with Crippen LogP contribution in [0.3, 0.4) is 0 Å². The zero-order valence-electron chi connectivity index (χ0n) is 18.4. The van der Waals surface area contributed by atoms with Gasteiger partial charge >= 0.3 is 15.5 Å². The van der Waals surface area contributed by atoms with E-state index in [2.05, 4.69) is 16.0 Å². The molecule has 1 saturated heterocycles. The molecule has 0 spiro atoms. The maximum Gasteiger partial charge on any atom is 0.516 e. The lowest BCUT2D eigenvalue weighted by Crippen LogP contribution is -2.29. The molecule has 1 aromatic heterocycles. The lowest BCUT2D eigenvalue weighted by Gasteiger charge is -2.19. The monoisotopic (exact) mass is 495 g/mol. The molecule has 0 atom stereocenters. The lowest BCUT2D eigenvalue weighted by atomic mass is 10.1. The number of oxazole rings is 1. The number of nitrogens with zero attached hydrogens (tertiary/aromatic N) is 2. The van der Waals surface area contributed by atoms with Crippen LogP contribution in [-0.2, 0) is 16.4 Å². The molecular weight excluding hydrogens is 471 g/mol. The van der Waals surface area contributed by atoms with Gasteiger partial charge in [-0.2, -0.15) is 21.6 Å². The van der Waals surface area contributed by atoms with Gasteiger partial charge in [0.2, 0.25) is 5.89 Å². The van der Waals surface area contributed by atoms with Gasteiger partial charge in [0.15, 0.2) is 0 Å². The number of benzene rings is 2. The molecule has 0 radical (unpaired) electrons. The van der Waals surface area contributed by atoms with Crippen molar-refractivity contribution in [3.63, 3.8) is 0 Å². The Hall–Kier alpha value is -3.21. The van der Waals surface area contributed by atoms with Crippen LogP contribution >= 0.6 is 0 Å².